The Morgan fingerprint density at radius 3 is 2.56 bits per heavy atom. The van der Waals surface area contributed by atoms with E-state index in [0.29, 0.717) is 6.42 Å². The number of carboxylic acids is 1. The standard InChI is InChI=1S/C14H17NO3/c1-2-6-12(14(17)18)15-13(16)10-9-11-7-4-3-5-8-11/h2-5,7-8,12H,1,6,9-10H2,(H,15,16)(H,17,18)/t12-/m0/s1. The molecule has 2 N–H and O–H groups in total. The first-order chi connectivity index (χ1) is 8.63. The quantitative estimate of drug-likeness (QED) is 0.721. The van der Waals surface area contributed by atoms with Crippen LogP contribution in [0.2, 0.25) is 0 Å². The normalized spacial score (nSPS) is 11.6. The van der Waals surface area contributed by atoms with Crippen LogP contribution in [0.25, 0.3) is 0 Å². The van der Waals surface area contributed by atoms with E-state index in [1.54, 1.807) is 0 Å². The molecule has 4 heteroatoms. The van der Waals surface area contributed by atoms with Crippen molar-refractivity contribution in [1.82, 2.24) is 5.32 Å². The summed E-state index contributed by atoms with van der Waals surface area (Å²) in [6.07, 6.45) is 2.60. The van der Waals surface area contributed by atoms with Crippen LogP contribution >= 0.6 is 0 Å². The predicted molar refractivity (Wildman–Crippen MR) is 69.1 cm³/mol. The Morgan fingerprint density at radius 2 is 2.00 bits per heavy atom. The monoisotopic (exact) mass is 247 g/mol. The smallest absolute Gasteiger partial charge is 0.326 e. The molecule has 1 amide bonds. The van der Waals surface area contributed by atoms with E-state index in [0.717, 1.165) is 5.56 Å². The number of rotatable bonds is 7. The van der Waals surface area contributed by atoms with Crippen molar-refractivity contribution < 1.29 is 14.7 Å². The number of amides is 1. The van der Waals surface area contributed by atoms with Gasteiger partial charge in [-0.05, 0) is 18.4 Å². The van der Waals surface area contributed by atoms with E-state index in [-0.39, 0.29) is 18.7 Å². The van der Waals surface area contributed by atoms with E-state index in [1.807, 2.05) is 30.3 Å². The lowest BCUT2D eigenvalue weighted by Gasteiger charge is -2.12. The van der Waals surface area contributed by atoms with Gasteiger partial charge in [0.15, 0.2) is 0 Å². The van der Waals surface area contributed by atoms with E-state index in [4.69, 9.17) is 5.11 Å². The number of aliphatic carboxylic acids is 1. The molecular weight excluding hydrogens is 230 g/mol. The Balaban J connectivity index is 2.41. The summed E-state index contributed by atoms with van der Waals surface area (Å²) >= 11 is 0. The summed E-state index contributed by atoms with van der Waals surface area (Å²) in [6, 6.07) is 8.72. The molecule has 1 aromatic carbocycles. The Hall–Kier alpha value is -2.10. The maximum atomic E-state index is 11.6. The fourth-order valence-corrected chi connectivity index (χ4v) is 1.56. The van der Waals surface area contributed by atoms with Gasteiger partial charge in [0.2, 0.25) is 5.91 Å². The van der Waals surface area contributed by atoms with Gasteiger partial charge in [-0.3, -0.25) is 4.79 Å². The fraction of sp³-hybridized carbons (Fsp3) is 0.286. The first kappa shape index (κ1) is 14.0. The van der Waals surface area contributed by atoms with Crippen LogP contribution in [0, 0.1) is 0 Å². The summed E-state index contributed by atoms with van der Waals surface area (Å²) < 4.78 is 0. The second-order valence-electron chi connectivity index (χ2n) is 3.97. The first-order valence-electron chi connectivity index (χ1n) is 5.80. The van der Waals surface area contributed by atoms with Crippen LogP contribution in [0.5, 0.6) is 0 Å². The third-order valence-corrected chi connectivity index (χ3v) is 2.52. The van der Waals surface area contributed by atoms with Crippen molar-refractivity contribution in [3.8, 4) is 0 Å². The second-order valence-corrected chi connectivity index (χ2v) is 3.97. The molecule has 0 aliphatic carbocycles. The van der Waals surface area contributed by atoms with Crippen LogP contribution in [0.3, 0.4) is 0 Å². The van der Waals surface area contributed by atoms with E-state index < -0.39 is 12.0 Å². The van der Waals surface area contributed by atoms with E-state index >= 15 is 0 Å². The minimum atomic E-state index is -1.04. The summed E-state index contributed by atoms with van der Waals surface area (Å²) in [6.45, 7) is 3.47. The average Bonchev–Trinajstić information content (AvgIpc) is 2.37. The number of hydrogen-bond donors (Lipinski definition) is 2. The van der Waals surface area contributed by atoms with Gasteiger partial charge in [-0.2, -0.15) is 0 Å². The molecule has 4 nitrogen and oxygen atoms in total. The lowest BCUT2D eigenvalue weighted by molar-refractivity contribution is -0.141. The largest absolute Gasteiger partial charge is 0.480 e. The topological polar surface area (TPSA) is 66.4 Å². The van der Waals surface area contributed by atoms with Crippen molar-refractivity contribution in [2.24, 2.45) is 0 Å². The molecule has 1 rings (SSSR count). The van der Waals surface area contributed by atoms with Crippen molar-refractivity contribution >= 4 is 11.9 Å². The summed E-state index contributed by atoms with van der Waals surface area (Å²) in [5, 5.41) is 11.4. The molecule has 18 heavy (non-hydrogen) atoms. The molecule has 1 aromatic rings. The molecule has 0 aliphatic rings. The van der Waals surface area contributed by atoms with E-state index in [9.17, 15) is 9.59 Å². The van der Waals surface area contributed by atoms with Gasteiger partial charge in [-0.15, -0.1) is 6.58 Å². The molecule has 0 radical (unpaired) electrons. The first-order valence-corrected chi connectivity index (χ1v) is 5.80. The third-order valence-electron chi connectivity index (χ3n) is 2.52. The molecule has 0 unspecified atom stereocenters. The Morgan fingerprint density at radius 1 is 1.33 bits per heavy atom. The Labute approximate surface area is 106 Å². The highest BCUT2D eigenvalue weighted by atomic mass is 16.4. The molecule has 0 heterocycles. The number of carbonyl (C=O) groups excluding carboxylic acids is 1. The summed E-state index contributed by atoms with van der Waals surface area (Å²) in [7, 11) is 0. The molecule has 0 fully saturated rings. The van der Waals surface area contributed by atoms with Crippen LogP contribution in [0.15, 0.2) is 43.0 Å². The maximum Gasteiger partial charge on any atom is 0.326 e. The van der Waals surface area contributed by atoms with Crippen molar-refractivity contribution in [3.05, 3.63) is 48.6 Å². The second kappa shape index (κ2) is 7.27. The lowest BCUT2D eigenvalue weighted by Crippen LogP contribution is -2.40. The van der Waals surface area contributed by atoms with E-state index in [2.05, 4.69) is 11.9 Å². The zero-order valence-electron chi connectivity index (χ0n) is 10.1. The molecule has 96 valence electrons. The van der Waals surface area contributed by atoms with Crippen molar-refractivity contribution in [2.45, 2.75) is 25.3 Å². The Kier molecular flexibility index (Phi) is 5.64. The van der Waals surface area contributed by atoms with Gasteiger partial charge in [0.05, 0.1) is 0 Å². The minimum absolute atomic E-state index is 0.229. The molecule has 0 spiro atoms. The molecule has 0 saturated heterocycles. The van der Waals surface area contributed by atoms with Gasteiger partial charge in [-0.1, -0.05) is 36.4 Å². The van der Waals surface area contributed by atoms with Gasteiger partial charge in [0, 0.05) is 6.42 Å². The highest BCUT2D eigenvalue weighted by Crippen LogP contribution is 2.03. The molecule has 1 atom stereocenters. The average molecular weight is 247 g/mol. The van der Waals surface area contributed by atoms with Gasteiger partial charge in [-0.25, -0.2) is 4.79 Å². The summed E-state index contributed by atoms with van der Waals surface area (Å²) in [4.78, 5) is 22.4. The molecule has 0 bridgehead atoms. The lowest BCUT2D eigenvalue weighted by atomic mass is 10.1. The van der Waals surface area contributed by atoms with Crippen molar-refractivity contribution in [1.29, 1.82) is 0 Å². The minimum Gasteiger partial charge on any atom is -0.480 e. The van der Waals surface area contributed by atoms with Gasteiger partial charge in [0.25, 0.3) is 0 Å². The van der Waals surface area contributed by atoms with Crippen molar-refractivity contribution in [2.75, 3.05) is 0 Å². The number of benzene rings is 1. The fourth-order valence-electron chi connectivity index (χ4n) is 1.56. The van der Waals surface area contributed by atoms with Gasteiger partial charge < -0.3 is 10.4 Å². The van der Waals surface area contributed by atoms with Crippen LogP contribution < -0.4 is 5.32 Å². The summed E-state index contributed by atoms with van der Waals surface area (Å²) in [5.74, 6) is -1.30. The van der Waals surface area contributed by atoms with E-state index in [1.165, 1.54) is 6.08 Å². The molecule has 0 saturated carbocycles. The Bertz CT molecular complexity index is 414. The predicted octanol–water partition coefficient (Wildman–Crippen LogP) is 1.76. The highest BCUT2D eigenvalue weighted by molar-refractivity contribution is 5.83. The highest BCUT2D eigenvalue weighted by Gasteiger charge is 2.17. The summed E-state index contributed by atoms with van der Waals surface area (Å²) in [5.41, 5.74) is 1.06. The number of nitrogens with one attached hydrogen (secondary N) is 1. The van der Waals surface area contributed by atoms with Crippen LogP contribution in [-0.2, 0) is 16.0 Å². The molecule has 0 aliphatic heterocycles. The molecule has 0 aromatic heterocycles. The SMILES string of the molecule is C=CC[C@H](NC(=O)CCc1ccccc1)C(=O)O. The maximum absolute atomic E-state index is 11.6. The van der Waals surface area contributed by atoms with Crippen LogP contribution in [0.4, 0.5) is 0 Å². The van der Waals surface area contributed by atoms with Crippen molar-refractivity contribution in [3.63, 3.8) is 0 Å². The number of carboxylic acid groups (broad SMARTS) is 1. The zero-order chi connectivity index (χ0) is 13.4. The molecular formula is C14H17NO3. The third kappa shape index (κ3) is 4.82. The number of carbonyl (C=O) groups is 2. The zero-order valence-corrected chi connectivity index (χ0v) is 10.1. The number of aryl methyl sites for hydroxylation is 1. The van der Waals surface area contributed by atoms with Gasteiger partial charge in [0.1, 0.15) is 6.04 Å². The van der Waals surface area contributed by atoms with Crippen LogP contribution in [0.1, 0.15) is 18.4 Å². The van der Waals surface area contributed by atoms with Gasteiger partial charge >= 0.3 is 5.97 Å². The van der Waals surface area contributed by atoms with Crippen LogP contribution in [-0.4, -0.2) is 23.0 Å². The number of hydrogen-bond acceptors (Lipinski definition) is 2.